The first-order valence-corrected chi connectivity index (χ1v) is 11.2. The van der Waals surface area contributed by atoms with Gasteiger partial charge in [-0.15, -0.1) is 0 Å². The molecule has 0 spiro atoms. The van der Waals surface area contributed by atoms with E-state index in [-0.39, 0.29) is 32.8 Å². The lowest BCUT2D eigenvalue weighted by Crippen LogP contribution is -2.41. The smallest absolute Gasteiger partial charge is 0.410 e. The van der Waals surface area contributed by atoms with E-state index in [2.05, 4.69) is 0 Å². The second-order valence-corrected chi connectivity index (χ2v) is 9.06. The van der Waals surface area contributed by atoms with Crippen molar-refractivity contribution in [3.63, 3.8) is 0 Å². The Morgan fingerprint density at radius 2 is 1.44 bits per heavy atom. The minimum absolute atomic E-state index is 0.0748. The van der Waals surface area contributed by atoms with Gasteiger partial charge in [0.05, 0.1) is 12.6 Å². The van der Waals surface area contributed by atoms with Crippen LogP contribution in [0.25, 0.3) is 0 Å². The van der Waals surface area contributed by atoms with Gasteiger partial charge >= 0.3 is 18.0 Å². The number of rotatable bonds is 8. The highest BCUT2D eigenvalue weighted by Crippen LogP contribution is 2.24. The van der Waals surface area contributed by atoms with Gasteiger partial charge in [-0.05, 0) is 31.9 Å². The number of carbonyl (C=O) groups excluding carboxylic acids is 3. The molecule has 1 aliphatic rings. The van der Waals surface area contributed by atoms with Crippen LogP contribution in [0.2, 0.25) is 0 Å². The Kier molecular flexibility index (Phi) is 8.65. The molecule has 0 saturated carbocycles. The van der Waals surface area contributed by atoms with Gasteiger partial charge in [-0.3, -0.25) is 4.90 Å². The summed E-state index contributed by atoms with van der Waals surface area (Å²) >= 11 is 0. The second kappa shape index (κ2) is 11.7. The maximum Gasteiger partial charge on any atom is 0.410 e. The van der Waals surface area contributed by atoms with Gasteiger partial charge in [-0.1, -0.05) is 60.7 Å². The molecule has 1 aliphatic heterocycles. The van der Waals surface area contributed by atoms with Gasteiger partial charge in [0.25, 0.3) is 0 Å². The molecule has 0 aromatic heterocycles. The molecule has 0 unspecified atom stereocenters. The standard InChI is InChI=1S/C26H31NO7/c1-26(2,3)34-23(28)18-31-21-14-22(24(29)32-16-19-10-6-4-7-11-19)27(15-21)25(30)33-17-20-12-8-5-9-13-20/h4-13,21-22H,14-18H2,1-3H3/t21-,22+/m0/s1. The summed E-state index contributed by atoms with van der Waals surface area (Å²) in [5.74, 6) is -1.07. The zero-order valence-corrected chi connectivity index (χ0v) is 19.8. The van der Waals surface area contributed by atoms with Crippen LogP contribution in [0, 0.1) is 0 Å². The van der Waals surface area contributed by atoms with Crippen LogP contribution >= 0.6 is 0 Å². The minimum Gasteiger partial charge on any atom is -0.459 e. The third kappa shape index (κ3) is 7.88. The van der Waals surface area contributed by atoms with Crippen LogP contribution in [-0.4, -0.2) is 53.8 Å². The maximum absolute atomic E-state index is 12.9. The highest BCUT2D eigenvalue weighted by atomic mass is 16.6. The molecule has 34 heavy (non-hydrogen) atoms. The lowest BCUT2D eigenvalue weighted by Gasteiger charge is -2.22. The van der Waals surface area contributed by atoms with Gasteiger partial charge in [0.1, 0.15) is 31.5 Å². The summed E-state index contributed by atoms with van der Waals surface area (Å²) in [6, 6.07) is 17.7. The van der Waals surface area contributed by atoms with Crippen LogP contribution in [-0.2, 0) is 41.8 Å². The van der Waals surface area contributed by atoms with Crippen molar-refractivity contribution in [2.45, 2.75) is 58.2 Å². The molecule has 0 bridgehead atoms. The summed E-state index contributed by atoms with van der Waals surface area (Å²) in [4.78, 5) is 39.0. The van der Waals surface area contributed by atoms with Crippen LogP contribution < -0.4 is 0 Å². The molecule has 0 aliphatic carbocycles. The molecule has 2 aromatic carbocycles. The number of esters is 2. The summed E-state index contributed by atoms with van der Waals surface area (Å²) in [5.41, 5.74) is 1.04. The lowest BCUT2D eigenvalue weighted by molar-refractivity contribution is -0.162. The van der Waals surface area contributed by atoms with Gasteiger partial charge in [-0.25, -0.2) is 14.4 Å². The van der Waals surface area contributed by atoms with Crippen LogP contribution in [0.15, 0.2) is 60.7 Å². The minimum atomic E-state index is -0.879. The fourth-order valence-electron chi connectivity index (χ4n) is 3.53. The Labute approximate surface area is 199 Å². The molecule has 8 nitrogen and oxygen atoms in total. The van der Waals surface area contributed by atoms with Crippen LogP contribution in [0.5, 0.6) is 0 Å². The van der Waals surface area contributed by atoms with Crippen LogP contribution in [0.3, 0.4) is 0 Å². The summed E-state index contributed by atoms with van der Waals surface area (Å²) in [6.07, 6.45) is -0.989. The predicted molar refractivity (Wildman–Crippen MR) is 124 cm³/mol. The van der Waals surface area contributed by atoms with Crippen molar-refractivity contribution in [2.24, 2.45) is 0 Å². The maximum atomic E-state index is 12.9. The summed E-state index contributed by atoms with van der Waals surface area (Å²) in [5, 5.41) is 0. The van der Waals surface area contributed by atoms with E-state index in [4.69, 9.17) is 18.9 Å². The molecule has 2 atom stereocenters. The summed E-state index contributed by atoms with van der Waals surface area (Å²) < 4.78 is 21.8. The molecule has 8 heteroatoms. The fourth-order valence-corrected chi connectivity index (χ4v) is 3.53. The van der Waals surface area contributed by atoms with E-state index in [1.165, 1.54) is 4.90 Å². The van der Waals surface area contributed by atoms with Crippen molar-refractivity contribution in [2.75, 3.05) is 13.2 Å². The quantitative estimate of drug-likeness (QED) is 0.428. The monoisotopic (exact) mass is 469 g/mol. The first kappa shape index (κ1) is 25.2. The molecule has 0 radical (unpaired) electrons. The molecular weight excluding hydrogens is 438 g/mol. The third-order valence-corrected chi connectivity index (χ3v) is 5.06. The van der Waals surface area contributed by atoms with Crippen LogP contribution in [0.4, 0.5) is 4.79 Å². The molecule has 3 rings (SSSR count). The number of nitrogens with zero attached hydrogens (tertiary/aromatic N) is 1. The number of amides is 1. The van der Waals surface area contributed by atoms with Gasteiger partial charge < -0.3 is 18.9 Å². The zero-order valence-electron chi connectivity index (χ0n) is 19.8. The Morgan fingerprint density at radius 3 is 2.00 bits per heavy atom. The predicted octanol–water partition coefficient (Wildman–Crippen LogP) is 3.87. The molecule has 1 amide bonds. The SMILES string of the molecule is CC(C)(C)OC(=O)CO[C@H]1C[C@H](C(=O)OCc2ccccc2)N(C(=O)OCc2ccccc2)C1. The number of hydrogen-bond donors (Lipinski definition) is 0. The Hall–Kier alpha value is -3.39. The molecule has 1 heterocycles. The molecular formula is C26H31NO7. The highest BCUT2D eigenvalue weighted by Gasteiger charge is 2.42. The van der Waals surface area contributed by atoms with E-state index in [0.29, 0.717) is 0 Å². The van der Waals surface area contributed by atoms with Crippen molar-refractivity contribution in [1.82, 2.24) is 4.90 Å². The van der Waals surface area contributed by atoms with Gasteiger partial charge in [-0.2, -0.15) is 0 Å². The van der Waals surface area contributed by atoms with Crippen LogP contribution in [0.1, 0.15) is 38.3 Å². The lowest BCUT2D eigenvalue weighted by atomic mass is 10.2. The number of ether oxygens (including phenoxy) is 4. The average Bonchev–Trinajstić information content (AvgIpc) is 3.24. The average molecular weight is 470 g/mol. The van der Waals surface area contributed by atoms with Gasteiger partial charge in [0.2, 0.25) is 0 Å². The molecule has 1 fully saturated rings. The Balaban J connectivity index is 1.61. The van der Waals surface area contributed by atoms with Gasteiger partial charge in [0.15, 0.2) is 0 Å². The molecule has 1 saturated heterocycles. The number of hydrogen-bond acceptors (Lipinski definition) is 7. The fraction of sp³-hybridized carbons (Fsp3) is 0.423. The molecule has 0 N–H and O–H groups in total. The first-order valence-electron chi connectivity index (χ1n) is 11.2. The molecule has 182 valence electrons. The van der Waals surface area contributed by atoms with Crippen molar-refractivity contribution in [3.8, 4) is 0 Å². The van der Waals surface area contributed by atoms with E-state index < -0.39 is 35.8 Å². The van der Waals surface area contributed by atoms with Crippen molar-refractivity contribution in [3.05, 3.63) is 71.8 Å². The van der Waals surface area contributed by atoms with Crippen molar-refractivity contribution in [1.29, 1.82) is 0 Å². The van der Waals surface area contributed by atoms with E-state index in [0.717, 1.165) is 11.1 Å². The normalized spacial score (nSPS) is 17.8. The second-order valence-electron chi connectivity index (χ2n) is 9.06. The summed E-state index contributed by atoms with van der Waals surface area (Å²) in [6.45, 7) is 5.29. The van der Waals surface area contributed by atoms with E-state index in [1.54, 1.807) is 20.8 Å². The van der Waals surface area contributed by atoms with E-state index >= 15 is 0 Å². The van der Waals surface area contributed by atoms with Gasteiger partial charge in [0, 0.05) is 6.42 Å². The number of carbonyl (C=O) groups is 3. The number of benzene rings is 2. The Bertz CT molecular complexity index is 893. The molecule has 2 aromatic rings. The topological polar surface area (TPSA) is 91.4 Å². The largest absolute Gasteiger partial charge is 0.459 e. The highest BCUT2D eigenvalue weighted by molar-refractivity contribution is 5.82. The van der Waals surface area contributed by atoms with E-state index in [1.807, 2.05) is 60.7 Å². The van der Waals surface area contributed by atoms with Crippen molar-refractivity contribution >= 4 is 18.0 Å². The summed E-state index contributed by atoms with van der Waals surface area (Å²) in [7, 11) is 0. The zero-order chi connectivity index (χ0) is 24.6. The van der Waals surface area contributed by atoms with Crippen molar-refractivity contribution < 1.29 is 33.3 Å². The first-order chi connectivity index (χ1) is 16.2. The van der Waals surface area contributed by atoms with E-state index in [9.17, 15) is 14.4 Å². The number of likely N-dealkylation sites (tertiary alicyclic amines) is 1. The Morgan fingerprint density at radius 1 is 0.882 bits per heavy atom. The third-order valence-electron chi connectivity index (χ3n) is 5.06.